The molecule has 4 aromatic rings. The normalized spacial score (nSPS) is 10.8. The molecule has 0 aliphatic rings. The molecular weight excluding hydrogens is 355 g/mol. The number of hydrogen-bond acceptors (Lipinski definition) is 5. The van der Waals surface area contributed by atoms with Gasteiger partial charge in [0.05, 0.1) is 12.0 Å². The van der Waals surface area contributed by atoms with Gasteiger partial charge in [0.1, 0.15) is 5.82 Å². The largest absolute Gasteiger partial charge is 0.354 e. The molecule has 28 heavy (non-hydrogen) atoms. The molecule has 140 valence electrons. The van der Waals surface area contributed by atoms with E-state index in [-0.39, 0.29) is 5.82 Å². The van der Waals surface area contributed by atoms with E-state index in [9.17, 15) is 4.39 Å². The summed E-state index contributed by atoms with van der Waals surface area (Å²) in [5, 5.41) is 3.27. The summed E-state index contributed by atoms with van der Waals surface area (Å²) in [4.78, 5) is 17.3. The third-order valence-electron chi connectivity index (χ3n) is 4.33. The van der Waals surface area contributed by atoms with Gasteiger partial charge in [-0.25, -0.2) is 19.3 Å². The van der Waals surface area contributed by atoms with Gasteiger partial charge in [-0.05, 0) is 36.2 Å². The Balaban J connectivity index is 1.56. The van der Waals surface area contributed by atoms with Crippen LogP contribution in [0.5, 0.6) is 0 Å². The Labute approximate surface area is 162 Å². The van der Waals surface area contributed by atoms with Crippen LogP contribution in [0.4, 0.5) is 10.3 Å². The number of aryl methyl sites for hydroxylation is 1. The molecule has 0 unspecified atom stereocenters. The molecule has 0 bridgehead atoms. The Kier molecular flexibility index (Phi) is 5.33. The van der Waals surface area contributed by atoms with Crippen molar-refractivity contribution in [3.8, 4) is 22.4 Å². The van der Waals surface area contributed by atoms with Gasteiger partial charge in [-0.1, -0.05) is 12.1 Å². The van der Waals surface area contributed by atoms with Crippen LogP contribution >= 0.6 is 0 Å². The molecular formula is C21H19FN6. The third kappa shape index (κ3) is 4.20. The molecule has 0 fully saturated rings. The lowest BCUT2D eigenvalue weighted by atomic mass is 10.0. The number of aromatic nitrogens is 5. The van der Waals surface area contributed by atoms with Crippen molar-refractivity contribution < 1.29 is 4.39 Å². The van der Waals surface area contributed by atoms with Gasteiger partial charge in [0, 0.05) is 55.2 Å². The van der Waals surface area contributed by atoms with Gasteiger partial charge in [0.25, 0.3) is 0 Å². The molecule has 0 saturated carbocycles. The molecule has 1 N–H and O–H groups in total. The van der Waals surface area contributed by atoms with Crippen LogP contribution in [0.3, 0.4) is 0 Å². The minimum atomic E-state index is -0.272. The summed E-state index contributed by atoms with van der Waals surface area (Å²) in [5.41, 5.74) is 3.41. The van der Waals surface area contributed by atoms with E-state index in [0.29, 0.717) is 5.95 Å². The predicted molar refractivity (Wildman–Crippen MR) is 106 cm³/mol. The zero-order valence-corrected chi connectivity index (χ0v) is 15.2. The van der Waals surface area contributed by atoms with Crippen molar-refractivity contribution in [3.05, 3.63) is 79.5 Å². The van der Waals surface area contributed by atoms with Crippen LogP contribution in [-0.4, -0.2) is 31.0 Å². The Morgan fingerprint density at radius 3 is 2.50 bits per heavy atom. The van der Waals surface area contributed by atoms with Crippen molar-refractivity contribution in [1.82, 2.24) is 24.5 Å². The van der Waals surface area contributed by atoms with Crippen LogP contribution in [0.2, 0.25) is 0 Å². The van der Waals surface area contributed by atoms with Crippen LogP contribution in [0, 0.1) is 5.82 Å². The summed E-state index contributed by atoms with van der Waals surface area (Å²) >= 11 is 0. The van der Waals surface area contributed by atoms with Crippen LogP contribution in [-0.2, 0) is 6.54 Å². The summed E-state index contributed by atoms with van der Waals surface area (Å²) in [6.07, 6.45) is 11.7. The second-order valence-corrected chi connectivity index (χ2v) is 6.28. The highest BCUT2D eigenvalue weighted by Crippen LogP contribution is 2.30. The first-order chi connectivity index (χ1) is 13.8. The lowest BCUT2D eigenvalue weighted by molar-refractivity contribution is 0.628. The first kappa shape index (κ1) is 17.8. The average molecular weight is 374 g/mol. The van der Waals surface area contributed by atoms with Crippen LogP contribution < -0.4 is 5.32 Å². The molecule has 0 aliphatic carbocycles. The second-order valence-electron chi connectivity index (χ2n) is 6.28. The molecule has 1 aromatic carbocycles. The Hall–Kier alpha value is -3.61. The van der Waals surface area contributed by atoms with E-state index < -0.39 is 0 Å². The molecule has 0 spiro atoms. The number of pyridine rings is 1. The van der Waals surface area contributed by atoms with Crippen molar-refractivity contribution >= 4 is 5.95 Å². The number of benzene rings is 1. The van der Waals surface area contributed by atoms with Gasteiger partial charge in [-0.15, -0.1) is 0 Å². The maximum Gasteiger partial charge on any atom is 0.223 e. The number of halogens is 1. The van der Waals surface area contributed by atoms with Crippen LogP contribution in [0.1, 0.15) is 6.42 Å². The molecule has 3 aromatic heterocycles. The topological polar surface area (TPSA) is 68.5 Å². The van der Waals surface area contributed by atoms with E-state index >= 15 is 0 Å². The van der Waals surface area contributed by atoms with Crippen molar-refractivity contribution in [2.24, 2.45) is 0 Å². The zero-order chi connectivity index (χ0) is 19.2. The van der Waals surface area contributed by atoms with Gasteiger partial charge < -0.3 is 9.88 Å². The van der Waals surface area contributed by atoms with E-state index in [1.54, 1.807) is 43.2 Å². The van der Waals surface area contributed by atoms with Crippen molar-refractivity contribution in [2.45, 2.75) is 13.0 Å². The smallest absolute Gasteiger partial charge is 0.223 e. The maximum absolute atomic E-state index is 13.3. The highest BCUT2D eigenvalue weighted by molar-refractivity contribution is 5.80. The molecule has 0 atom stereocenters. The van der Waals surface area contributed by atoms with Gasteiger partial charge in [0.15, 0.2) is 0 Å². The second kappa shape index (κ2) is 8.39. The Bertz CT molecular complexity index is 1020. The number of hydrogen-bond donors (Lipinski definition) is 1. The number of rotatable bonds is 7. The van der Waals surface area contributed by atoms with E-state index in [1.165, 1.54) is 12.1 Å². The fraction of sp³-hybridized carbons (Fsp3) is 0.143. The molecule has 6 nitrogen and oxygen atoms in total. The average Bonchev–Trinajstić information content (AvgIpc) is 3.26. The summed E-state index contributed by atoms with van der Waals surface area (Å²) in [5.74, 6) is 0.287. The highest BCUT2D eigenvalue weighted by atomic mass is 19.1. The quantitative estimate of drug-likeness (QED) is 0.495. The standard InChI is InChI=1S/C21H19FN6/c22-18-4-2-16(3-5-18)19-14-26-21(25-8-1-12-28-13-11-24-15-28)27-20(19)17-6-9-23-10-7-17/h2-7,9-11,13-15H,1,8,12H2,(H,25,26,27). The van der Waals surface area contributed by atoms with Crippen molar-refractivity contribution in [1.29, 1.82) is 0 Å². The monoisotopic (exact) mass is 374 g/mol. The van der Waals surface area contributed by atoms with Gasteiger partial charge in [0.2, 0.25) is 5.95 Å². The molecule has 0 amide bonds. The summed E-state index contributed by atoms with van der Waals surface area (Å²) in [7, 11) is 0. The molecule has 3 heterocycles. The van der Waals surface area contributed by atoms with Crippen LogP contribution in [0.15, 0.2) is 73.7 Å². The zero-order valence-electron chi connectivity index (χ0n) is 15.2. The lowest BCUT2D eigenvalue weighted by Crippen LogP contribution is -2.09. The van der Waals surface area contributed by atoms with E-state index in [4.69, 9.17) is 4.98 Å². The number of nitrogens with one attached hydrogen (secondary N) is 1. The Morgan fingerprint density at radius 2 is 1.75 bits per heavy atom. The van der Waals surface area contributed by atoms with Gasteiger partial charge >= 0.3 is 0 Å². The first-order valence-corrected chi connectivity index (χ1v) is 9.02. The fourth-order valence-electron chi connectivity index (χ4n) is 2.92. The summed E-state index contributed by atoms with van der Waals surface area (Å²) in [6.45, 7) is 1.61. The molecule has 0 radical (unpaired) electrons. The highest BCUT2D eigenvalue weighted by Gasteiger charge is 2.12. The first-order valence-electron chi connectivity index (χ1n) is 9.02. The van der Waals surface area contributed by atoms with Crippen molar-refractivity contribution in [3.63, 3.8) is 0 Å². The van der Waals surface area contributed by atoms with Gasteiger partial charge in [-0.2, -0.15) is 0 Å². The van der Waals surface area contributed by atoms with E-state index in [0.717, 1.165) is 41.9 Å². The number of imidazole rings is 1. The van der Waals surface area contributed by atoms with Gasteiger partial charge in [-0.3, -0.25) is 4.98 Å². The van der Waals surface area contributed by atoms with E-state index in [1.807, 2.05) is 22.9 Å². The molecule has 0 aliphatic heterocycles. The molecule has 4 rings (SSSR count). The number of nitrogens with zero attached hydrogens (tertiary/aromatic N) is 5. The molecule has 0 saturated heterocycles. The van der Waals surface area contributed by atoms with Crippen molar-refractivity contribution in [2.75, 3.05) is 11.9 Å². The van der Waals surface area contributed by atoms with Crippen LogP contribution in [0.25, 0.3) is 22.4 Å². The third-order valence-corrected chi connectivity index (χ3v) is 4.33. The predicted octanol–water partition coefficient (Wildman–Crippen LogP) is 4.04. The summed E-state index contributed by atoms with van der Waals surface area (Å²) in [6, 6.07) is 10.1. The minimum Gasteiger partial charge on any atom is -0.354 e. The molecule has 7 heteroatoms. The fourth-order valence-corrected chi connectivity index (χ4v) is 2.92. The summed E-state index contributed by atoms with van der Waals surface area (Å²) < 4.78 is 15.3. The Morgan fingerprint density at radius 1 is 0.929 bits per heavy atom. The number of anilines is 1. The maximum atomic E-state index is 13.3. The lowest BCUT2D eigenvalue weighted by Gasteiger charge is -2.12. The minimum absolute atomic E-state index is 0.272. The SMILES string of the molecule is Fc1ccc(-c2cnc(NCCCn3ccnc3)nc2-c2ccncc2)cc1. The van der Waals surface area contributed by atoms with E-state index in [2.05, 4.69) is 20.3 Å².